The first-order chi connectivity index (χ1) is 12.7. The van der Waals surface area contributed by atoms with Crippen LogP contribution in [0.25, 0.3) is 11.1 Å². The van der Waals surface area contributed by atoms with Gasteiger partial charge in [-0.15, -0.1) is 0 Å². The molecule has 4 heterocycles. The van der Waals surface area contributed by atoms with Crippen molar-refractivity contribution in [3.8, 4) is 11.1 Å². The van der Waals surface area contributed by atoms with Gasteiger partial charge in [0.25, 0.3) is 5.56 Å². The maximum atomic E-state index is 12.2. The third-order valence-electron chi connectivity index (χ3n) is 4.39. The summed E-state index contributed by atoms with van der Waals surface area (Å²) in [6.45, 7) is 1.30. The Morgan fingerprint density at radius 1 is 1.23 bits per heavy atom. The fourth-order valence-corrected chi connectivity index (χ4v) is 3.05. The highest BCUT2D eigenvalue weighted by molar-refractivity contribution is 5.65. The second-order valence-corrected chi connectivity index (χ2v) is 6.13. The molecule has 0 fully saturated rings. The number of aromatic nitrogens is 4. The van der Waals surface area contributed by atoms with Gasteiger partial charge in [0.05, 0.1) is 12.0 Å². The maximum absolute atomic E-state index is 12.2. The van der Waals surface area contributed by atoms with E-state index in [1.807, 2.05) is 41.4 Å². The van der Waals surface area contributed by atoms with E-state index in [-0.39, 0.29) is 17.6 Å². The Bertz CT molecular complexity index is 983. The first-order valence-electron chi connectivity index (χ1n) is 8.45. The van der Waals surface area contributed by atoms with Gasteiger partial charge in [-0.05, 0) is 24.3 Å². The van der Waals surface area contributed by atoms with Gasteiger partial charge in [-0.25, -0.2) is 9.97 Å². The van der Waals surface area contributed by atoms with Crippen molar-refractivity contribution < 1.29 is 4.74 Å². The highest BCUT2D eigenvalue weighted by Gasteiger charge is 2.21. The minimum Gasteiger partial charge on any atom is -0.492 e. The molecule has 0 aliphatic carbocycles. The molecule has 0 radical (unpaired) electrons. The van der Waals surface area contributed by atoms with Gasteiger partial charge >= 0.3 is 0 Å². The molecule has 4 rings (SSSR count). The molecule has 1 atom stereocenters. The number of hydrogen-bond donors (Lipinski definition) is 1. The lowest BCUT2D eigenvalue weighted by Gasteiger charge is -2.16. The Balaban J connectivity index is 1.67. The van der Waals surface area contributed by atoms with E-state index in [1.165, 1.54) is 0 Å². The topological polar surface area (TPSA) is 88.0 Å². The van der Waals surface area contributed by atoms with Crippen molar-refractivity contribution in [3.63, 3.8) is 0 Å². The van der Waals surface area contributed by atoms with Crippen molar-refractivity contribution in [3.05, 3.63) is 77.4 Å². The van der Waals surface area contributed by atoms with Crippen molar-refractivity contribution in [1.29, 1.82) is 0 Å². The van der Waals surface area contributed by atoms with Gasteiger partial charge in [-0.2, -0.15) is 0 Å². The quantitative estimate of drug-likeness (QED) is 0.764. The van der Waals surface area contributed by atoms with Gasteiger partial charge in [0.15, 0.2) is 0 Å². The lowest BCUT2D eigenvalue weighted by molar-refractivity contribution is 0.169. The monoisotopic (exact) mass is 349 g/mol. The van der Waals surface area contributed by atoms with Crippen LogP contribution in [0.1, 0.15) is 18.2 Å². The molecular formula is C19H19N5O2. The molecule has 1 aliphatic rings. The first kappa shape index (κ1) is 16.1. The number of rotatable bonds is 5. The number of aryl methyl sites for hydroxylation is 2. The number of nitrogens with zero attached hydrogens (tertiary/aromatic N) is 4. The Hall–Kier alpha value is -3.35. The SMILES string of the molecule is Nc1ncc(-c2ccc(=O)n(CCn3cccc3)c2)c(C2CC=CO2)n1. The number of nitrogen functional groups attached to an aromatic ring is 1. The molecule has 0 bridgehead atoms. The molecule has 0 amide bonds. The molecule has 7 heteroatoms. The van der Waals surface area contributed by atoms with Crippen LogP contribution in [0, 0.1) is 0 Å². The molecule has 2 N–H and O–H groups in total. The molecule has 7 nitrogen and oxygen atoms in total. The molecule has 0 aromatic carbocycles. The molecule has 26 heavy (non-hydrogen) atoms. The average molecular weight is 349 g/mol. The van der Waals surface area contributed by atoms with E-state index in [0.29, 0.717) is 6.54 Å². The molecule has 1 aliphatic heterocycles. The predicted octanol–water partition coefficient (Wildman–Crippen LogP) is 2.36. The summed E-state index contributed by atoms with van der Waals surface area (Å²) in [4.78, 5) is 20.7. The Morgan fingerprint density at radius 3 is 2.85 bits per heavy atom. The Labute approximate surface area is 150 Å². The minimum atomic E-state index is -0.185. The van der Waals surface area contributed by atoms with Crippen molar-refractivity contribution in [1.82, 2.24) is 19.1 Å². The van der Waals surface area contributed by atoms with Crippen LogP contribution in [0.4, 0.5) is 5.95 Å². The van der Waals surface area contributed by atoms with Crippen LogP contribution >= 0.6 is 0 Å². The number of hydrogen-bond acceptors (Lipinski definition) is 5. The van der Waals surface area contributed by atoms with Gasteiger partial charge < -0.3 is 19.6 Å². The van der Waals surface area contributed by atoms with Crippen LogP contribution in [0.5, 0.6) is 0 Å². The predicted molar refractivity (Wildman–Crippen MR) is 98.2 cm³/mol. The van der Waals surface area contributed by atoms with E-state index in [1.54, 1.807) is 29.2 Å². The van der Waals surface area contributed by atoms with Crippen molar-refractivity contribution in [2.24, 2.45) is 0 Å². The van der Waals surface area contributed by atoms with Gasteiger partial charge in [0, 0.05) is 61.5 Å². The second-order valence-electron chi connectivity index (χ2n) is 6.13. The molecule has 132 valence electrons. The molecule has 1 unspecified atom stereocenters. The minimum absolute atomic E-state index is 0.0439. The van der Waals surface area contributed by atoms with Gasteiger partial charge in [-0.3, -0.25) is 4.79 Å². The van der Waals surface area contributed by atoms with Crippen molar-refractivity contribution in [2.45, 2.75) is 25.6 Å². The van der Waals surface area contributed by atoms with Crippen molar-refractivity contribution in [2.75, 3.05) is 5.73 Å². The van der Waals surface area contributed by atoms with Crippen LogP contribution in [-0.4, -0.2) is 19.1 Å². The lowest BCUT2D eigenvalue weighted by Crippen LogP contribution is -2.21. The molecule has 0 saturated heterocycles. The Morgan fingerprint density at radius 2 is 2.08 bits per heavy atom. The van der Waals surface area contributed by atoms with Gasteiger partial charge in [-0.1, -0.05) is 0 Å². The van der Waals surface area contributed by atoms with Gasteiger partial charge in [0.1, 0.15) is 6.10 Å². The average Bonchev–Trinajstić information content (AvgIpc) is 3.35. The summed E-state index contributed by atoms with van der Waals surface area (Å²) in [5.74, 6) is 0.208. The highest BCUT2D eigenvalue weighted by Crippen LogP contribution is 2.33. The molecule has 3 aromatic rings. The zero-order chi connectivity index (χ0) is 17.9. The summed E-state index contributed by atoms with van der Waals surface area (Å²) in [7, 11) is 0. The largest absolute Gasteiger partial charge is 0.492 e. The van der Waals surface area contributed by atoms with Gasteiger partial charge in [0.2, 0.25) is 5.95 Å². The highest BCUT2D eigenvalue weighted by atomic mass is 16.5. The molecular weight excluding hydrogens is 330 g/mol. The zero-order valence-electron chi connectivity index (χ0n) is 14.2. The van der Waals surface area contributed by atoms with E-state index >= 15 is 0 Å². The van der Waals surface area contributed by atoms with Crippen LogP contribution in [0.3, 0.4) is 0 Å². The van der Waals surface area contributed by atoms with E-state index in [0.717, 1.165) is 29.8 Å². The van der Waals surface area contributed by atoms with E-state index in [2.05, 4.69) is 9.97 Å². The lowest BCUT2D eigenvalue weighted by atomic mass is 10.0. The first-order valence-corrected chi connectivity index (χ1v) is 8.45. The zero-order valence-corrected chi connectivity index (χ0v) is 14.2. The molecule has 3 aromatic heterocycles. The summed E-state index contributed by atoms with van der Waals surface area (Å²) in [6, 6.07) is 7.29. The summed E-state index contributed by atoms with van der Waals surface area (Å²) in [5.41, 5.74) is 8.15. The third kappa shape index (κ3) is 3.23. The summed E-state index contributed by atoms with van der Waals surface area (Å²) >= 11 is 0. The standard InChI is InChI=1S/C19H19N5O2/c20-19-21-12-15(18(22-19)16-4-3-11-26-16)14-5-6-17(25)24(13-14)10-9-23-7-1-2-8-23/h1-3,5-8,11-13,16H,4,9-10H2,(H2,20,21,22). The van der Waals surface area contributed by atoms with Crippen molar-refractivity contribution >= 4 is 5.95 Å². The summed E-state index contributed by atoms with van der Waals surface area (Å²) in [5, 5.41) is 0. The summed E-state index contributed by atoms with van der Waals surface area (Å²) < 4.78 is 9.34. The number of nitrogens with two attached hydrogens (primary N) is 1. The number of anilines is 1. The van der Waals surface area contributed by atoms with Crippen LogP contribution < -0.4 is 11.3 Å². The summed E-state index contributed by atoms with van der Waals surface area (Å²) in [6.07, 6.45) is 11.7. The van der Waals surface area contributed by atoms with E-state index in [9.17, 15) is 4.79 Å². The fourth-order valence-electron chi connectivity index (χ4n) is 3.05. The fraction of sp³-hybridized carbons (Fsp3) is 0.211. The number of ether oxygens (including phenoxy) is 1. The van der Waals surface area contributed by atoms with E-state index < -0.39 is 0 Å². The van der Waals surface area contributed by atoms with E-state index in [4.69, 9.17) is 10.5 Å². The normalized spacial score (nSPS) is 15.9. The third-order valence-corrected chi connectivity index (χ3v) is 4.39. The van der Waals surface area contributed by atoms with Crippen LogP contribution in [0.2, 0.25) is 0 Å². The maximum Gasteiger partial charge on any atom is 0.250 e. The Kier molecular flexibility index (Phi) is 4.27. The smallest absolute Gasteiger partial charge is 0.250 e. The number of pyridine rings is 1. The molecule has 0 saturated carbocycles. The second kappa shape index (κ2) is 6.87. The van der Waals surface area contributed by atoms with Crippen LogP contribution in [-0.2, 0) is 17.8 Å². The van der Waals surface area contributed by atoms with Crippen LogP contribution in [0.15, 0.2) is 66.2 Å². The molecule has 0 spiro atoms.